The van der Waals surface area contributed by atoms with E-state index in [1.165, 1.54) is 0 Å². The number of fused-ring (bicyclic) bond motifs is 1. The average molecular weight is 269 g/mol. The van der Waals surface area contributed by atoms with Crippen LogP contribution in [0.15, 0.2) is 22.8 Å². The van der Waals surface area contributed by atoms with Crippen molar-refractivity contribution in [1.82, 2.24) is 9.38 Å². The van der Waals surface area contributed by atoms with Crippen LogP contribution in [-0.2, 0) is 6.42 Å². The number of nitrogens with zero attached hydrogens (tertiary/aromatic N) is 2. The van der Waals surface area contributed by atoms with E-state index in [0.717, 1.165) is 22.4 Å². The van der Waals surface area contributed by atoms with Gasteiger partial charge in [0.1, 0.15) is 10.4 Å². The Hall–Kier alpha value is -1.03. The summed E-state index contributed by atoms with van der Waals surface area (Å²) in [6.45, 7) is 4.27. The van der Waals surface area contributed by atoms with Gasteiger partial charge in [-0.05, 0) is 34.0 Å². The maximum Gasteiger partial charge on any atom is 0.197 e. The average Bonchev–Trinajstić information content (AvgIpc) is 2.44. The molecular formula is C11H13BrN2O. The highest BCUT2D eigenvalue weighted by atomic mass is 79.9. The van der Waals surface area contributed by atoms with Crippen molar-refractivity contribution < 1.29 is 5.11 Å². The van der Waals surface area contributed by atoms with E-state index in [1.807, 2.05) is 12.1 Å². The van der Waals surface area contributed by atoms with E-state index in [4.69, 9.17) is 0 Å². The van der Waals surface area contributed by atoms with Crippen LogP contribution >= 0.6 is 15.9 Å². The molecule has 0 saturated heterocycles. The van der Waals surface area contributed by atoms with Crippen LogP contribution in [0.4, 0.5) is 0 Å². The molecule has 4 heteroatoms. The highest BCUT2D eigenvalue weighted by Crippen LogP contribution is 2.24. The molecule has 0 spiro atoms. The van der Waals surface area contributed by atoms with Gasteiger partial charge in [0.2, 0.25) is 0 Å². The van der Waals surface area contributed by atoms with Gasteiger partial charge in [0.25, 0.3) is 0 Å². The van der Waals surface area contributed by atoms with Crippen LogP contribution in [0.5, 0.6) is 5.88 Å². The van der Waals surface area contributed by atoms with E-state index in [0.29, 0.717) is 5.92 Å². The van der Waals surface area contributed by atoms with Gasteiger partial charge in [-0.1, -0.05) is 19.9 Å². The second-order valence-corrected chi connectivity index (χ2v) is 4.77. The zero-order valence-electron chi connectivity index (χ0n) is 8.74. The number of imidazole rings is 1. The molecule has 0 unspecified atom stereocenters. The third-order valence-corrected chi connectivity index (χ3v) is 2.84. The molecule has 80 valence electrons. The van der Waals surface area contributed by atoms with Crippen molar-refractivity contribution in [2.45, 2.75) is 20.3 Å². The molecule has 2 rings (SSSR count). The minimum Gasteiger partial charge on any atom is -0.494 e. The summed E-state index contributed by atoms with van der Waals surface area (Å²) in [4.78, 5) is 4.41. The van der Waals surface area contributed by atoms with Gasteiger partial charge in [-0.3, -0.25) is 4.40 Å². The molecule has 0 aromatic carbocycles. The largest absolute Gasteiger partial charge is 0.494 e. The fourth-order valence-corrected chi connectivity index (χ4v) is 2.17. The molecule has 15 heavy (non-hydrogen) atoms. The fraction of sp³-hybridized carbons (Fsp3) is 0.364. The number of aromatic hydroxyl groups is 1. The van der Waals surface area contributed by atoms with E-state index in [-0.39, 0.29) is 5.88 Å². The lowest BCUT2D eigenvalue weighted by molar-refractivity contribution is 0.440. The summed E-state index contributed by atoms with van der Waals surface area (Å²) in [5.41, 5.74) is 0.908. The molecule has 0 saturated carbocycles. The predicted octanol–water partition coefficient (Wildman–Crippen LogP) is 3.00. The first kappa shape index (κ1) is 10.5. The quantitative estimate of drug-likeness (QED) is 0.910. The van der Waals surface area contributed by atoms with Gasteiger partial charge in [-0.15, -0.1) is 0 Å². The molecule has 2 aromatic rings. The number of hydrogen-bond donors (Lipinski definition) is 1. The summed E-state index contributed by atoms with van der Waals surface area (Å²) in [6, 6.07) is 5.42. The SMILES string of the molecule is CC(C)Cc1nc(Br)c2cccc(O)n12. The standard InChI is InChI=1S/C11H13BrN2O/c1-7(2)6-9-13-11(12)8-4-3-5-10(15)14(8)9/h3-5,7,15H,6H2,1-2H3. The molecule has 0 aliphatic heterocycles. The van der Waals surface area contributed by atoms with E-state index in [2.05, 4.69) is 34.8 Å². The summed E-state index contributed by atoms with van der Waals surface area (Å²) in [7, 11) is 0. The van der Waals surface area contributed by atoms with Crippen molar-refractivity contribution in [3.63, 3.8) is 0 Å². The van der Waals surface area contributed by atoms with Crippen molar-refractivity contribution in [3.8, 4) is 5.88 Å². The second-order valence-electron chi connectivity index (χ2n) is 4.02. The molecule has 2 aromatic heterocycles. The minimum atomic E-state index is 0.237. The van der Waals surface area contributed by atoms with E-state index in [9.17, 15) is 5.11 Å². The summed E-state index contributed by atoms with van der Waals surface area (Å²) in [5.74, 6) is 1.65. The monoisotopic (exact) mass is 268 g/mol. The van der Waals surface area contributed by atoms with Gasteiger partial charge in [-0.2, -0.15) is 0 Å². The topological polar surface area (TPSA) is 37.5 Å². The Bertz CT molecular complexity index is 491. The smallest absolute Gasteiger partial charge is 0.197 e. The molecule has 0 fully saturated rings. The van der Waals surface area contributed by atoms with E-state index >= 15 is 0 Å². The minimum absolute atomic E-state index is 0.237. The first-order valence-electron chi connectivity index (χ1n) is 4.94. The first-order valence-corrected chi connectivity index (χ1v) is 5.73. The fourth-order valence-electron chi connectivity index (χ4n) is 1.65. The number of aromatic nitrogens is 2. The first-order chi connectivity index (χ1) is 7.09. The number of halogens is 1. The van der Waals surface area contributed by atoms with Crippen molar-refractivity contribution in [2.24, 2.45) is 5.92 Å². The summed E-state index contributed by atoms with van der Waals surface area (Å²) in [6.07, 6.45) is 0.852. The normalized spacial score (nSPS) is 11.5. The van der Waals surface area contributed by atoms with Crippen LogP contribution in [0.25, 0.3) is 5.52 Å². The van der Waals surface area contributed by atoms with Gasteiger partial charge in [-0.25, -0.2) is 4.98 Å². The molecule has 0 radical (unpaired) electrons. The van der Waals surface area contributed by atoms with Crippen LogP contribution in [0.1, 0.15) is 19.7 Å². The molecule has 3 nitrogen and oxygen atoms in total. The maximum absolute atomic E-state index is 9.78. The van der Waals surface area contributed by atoms with Gasteiger partial charge >= 0.3 is 0 Å². The Morgan fingerprint density at radius 3 is 2.87 bits per heavy atom. The van der Waals surface area contributed by atoms with Crippen molar-refractivity contribution in [1.29, 1.82) is 0 Å². The van der Waals surface area contributed by atoms with E-state index in [1.54, 1.807) is 10.5 Å². The Kier molecular flexibility index (Phi) is 2.69. The third kappa shape index (κ3) is 1.86. The summed E-state index contributed by atoms with van der Waals surface area (Å²) < 4.78 is 2.57. The Morgan fingerprint density at radius 1 is 1.47 bits per heavy atom. The van der Waals surface area contributed by atoms with Gasteiger partial charge in [0.15, 0.2) is 5.88 Å². The van der Waals surface area contributed by atoms with Gasteiger partial charge in [0.05, 0.1) is 5.52 Å². The Morgan fingerprint density at radius 2 is 2.20 bits per heavy atom. The predicted molar refractivity (Wildman–Crippen MR) is 63.1 cm³/mol. The lowest BCUT2D eigenvalue weighted by Crippen LogP contribution is -2.00. The highest BCUT2D eigenvalue weighted by Gasteiger charge is 2.12. The van der Waals surface area contributed by atoms with Gasteiger partial charge < -0.3 is 5.11 Å². The molecule has 0 aliphatic carbocycles. The molecule has 2 heterocycles. The van der Waals surface area contributed by atoms with Crippen LogP contribution in [0.3, 0.4) is 0 Å². The summed E-state index contributed by atoms with van der Waals surface area (Å²) in [5, 5.41) is 9.78. The Balaban J connectivity index is 2.65. The zero-order chi connectivity index (χ0) is 11.0. The Labute approximate surface area is 96.9 Å². The van der Waals surface area contributed by atoms with Crippen LogP contribution in [-0.4, -0.2) is 14.5 Å². The number of pyridine rings is 1. The van der Waals surface area contributed by atoms with Crippen LogP contribution in [0.2, 0.25) is 0 Å². The zero-order valence-corrected chi connectivity index (χ0v) is 10.3. The van der Waals surface area contributed by atoms with E-state index < -0.39 is 0 Å². The molecule has 0 aliphatic rings. The highest BCUT2D eigenvalue weighted by molar-refractivity contribution is 9.10. The molecule has 0 bridgehead atoms. The molecule has 1 N–H and O–H groups in total. The molecule has 0 amide bonds. The molecular weight excluding hydrogens is 256 g/mol. The molecule has 0 atom stereocenters. The van der Waals surface area contributed by atoms with Crippen LogP contribution in [0, 0.1) is 5.92 Å². The van der Waals surface area contributed by atoms with Crippen molar-refractivity contribution in [3.05, 3.63) is 28.6 Å². The second kappa shape index (κ2) is 3.85. The summed E-state index contributed by atoms with van der Waals surface area (Å²) >= 11 is 3.40. The maximum atomic E-state index is 9.78. The lowest BCUT2D eigenvalue weighted by Gasteiger charge is -2.05. The number of hydrogen-bond acceptors (Lipinski definition) is 2. The van der Waals surface area contributed by atoms with Crippen molar-refractivity contribution >= 4 is 21.4 Å². The number of rotatable bonds is 2. The third-order valence-electron chi connectivity index (χ3n) is 2.26. The van der Waals surface area contributed by atoms with Gasteiger partial charge in [0, 0.05) is 6.42 Å². The lowest BCUT2D eigenvalue weighted by atomic mass is 10.1. The van der Waals surface area contributed by atoms with Crippen LogP contribution < -0.4 is 0 Å². The van der Waals surface area contributed by atoms with Crippen molar-refractivity contribution in [2.75, 3.05) is 0 Å².